The Balaban J connectivity index is 1.41. The number of benzene rings is 1. The zero-order valence-electron chi connectivity index (χ0n) is 14.7. The lowest BCUT2D eigenvalue weighted by molar-refractivity contribution is 0.153. The van der Waals surface area contributed by atoms with E-state index in [-0.39, 0.29) is 0 Å². The van der Waals surface area contributed by atoms with Gasteiger partial charge in [-0.2, -0.15) is 4.98 Å². The predicted octanol–water partition coefficient (Wildman–Crippen LogP) is 3.14. The highest BCUT2D eigenvalue weighted by atomic mass is 16.5. The molecule has 0 amide bonds. The molecule has 0 bridgehead atoms. The number of nitrogens with zero attached hydrogens (tertiary/aromatic N) is 3. The summed E-state index contributed by atoms with van der Waals surface area (Å²) in [7, 11) is 0. The molecule has 6 nitrogen and oxygen atoms in total. The molecule has 2 fully saturated rings. The van der Waals surface area contributed by atoms with E-state index in [1.807, 2.05) is 31.2 Å². The van der Waals surface area contributed by atoms with E-state index in [1.54, 1.807) is 0 Å². The Hall–Kier alpha value is -1.92. The van der Waals surface area contributed by atoms with E-state index in [9.17, 15) is 0 Å². The average molecular weight is 343 g/mol. The maximum atomic E-state index is 5.51. The second kappa shape index (κ2) is 7.54. The molecule has 4 rings (SSSR count). The van der Waals surface area contributed by atoms with Crippen molar-refractivity contribution in [3.63, 3.8) is 0 Å². The molecule has 1 atom stereocenters. The van der Waals surface area contributed by atoms with Gasteiger partial charge in [0.15, 0.2) is 0 Å². The molecule has 25 heavy (non-hydrogen) atoms. The van der Waals surface area contributed by atoms with Gasteiger partial charge in [-0.15, -0.1) is 0 Å². The van der Waals surface area contributed by atoms with Crippen molar-refractivity contribution >= 4 is 0 Å². The highest BCUT2D eigenvalue weighted by Gasteiger charge is 2.32. The van der Waals surface area contributed by atoms with Gasteiger partial charge in [-0.1, -0.05) is 5.16 Å². The third kappa shape index (κ3) is 4.19. The summed E-state index contributed by atoms with van der Waals surface area (Å²) >= 11 is 0. The van der Waals surface area contributed by atoms with Gasteiger partial charge in [-0.05, 0) is 56.4 Å². The molecule has 1 aliphatic heterocycles. The Morgan fingerprint density at radius 3 is 2.72 bits per heavy atom. The predicted molar refractivity (Wildman–Crippen MR) is 93.3 cm³/mol. The molecule has 1 aliphatic carbocycles. The number of hydrogen-bond donors (Lipinski definition) is 0. The van der Waals surface area contributed by atoms with Crippen molar-refractivity contribution < 1.29 is 14.0 Å². The van der Waals surface area contributed by atoms with Crippen LogP contribution in [0, 0.1) is 5.92 Å². The van der Waals surface area contributed by atoms with Crippen molar-refractivity contribution in [2.24, 2.45) is 5.92 Å². The summed E-state index contributed by atoms with van der Waals surface area (Å²) in [4.78, 5) is 7.07. The highest BCUT2D eigenvalue weighted by Crippen LogP contribution is 2.30. The molecule has 1 unspecified atom stereocenters. The summed E-state index contributed by atoms with van der Waals surface area (Å²) in [5, 5.41) is 4.15. The summed E-state index contributed by atoms with van der Waals surface area (Å²) in [6.45, 7) is 6.20. The Kier molecular flexibility index (Phi) is 4.99. The van der Waals surface area contributed by atoms with Crippen molar-refractivity contribution in [2.75, 3.05) is 26.4 Å². The number of ether oxygens (including phenoxy) is 2. The minimum atomic E-state index is 0.633. The molecule has 0 radical (unpaired) electrons. The molecule has 1 aromatic carbocycles. The zero-order valence-corrected chi connectivity index (χ0v) is 14.7. The first-order chi connectivity index (χ1) is 12.3. The number of aromatic nitrogens is 2. The molecule has 134 valence electrons. The van der Waals surface area contributed by atoms with Crippen LogP contribution in [0.5, 0.6) is 5.75 Å². The van der Waals surface area contributed by atoms with Gasteiger partial charge in [0, 0.05) is 24.8 Å². The summed E-state index contributed by atoms with van der Waals surface area (Å²) < 4.78 is 16.5. The summed E-state index contributed by atoms with van der Waals surface area (Å²) in [5.74, 6) is 2.82. The van der Waals surface area contributed by atoms with Gasteiger partial charge in [0.2, 0.25) is 11.7 Å². The minimum absolute atomic E-state index is 0.633. The van der Waals surface area contributed by atoms with Crippen LogP contribution in [0.25, 0.3) is 11.4 Å². The fourth-order valence-electron chi connectivity index (χ4n) is 3.32. The number of hydrogen-bond acceptors (Lipinski definition) is 6. The Labute approximate surface area is 148 Å². The zero-order chi connectivity index (χ0) is 17.1. The fraction of sp³-hybridized carbons (Fsp3) is 0.579. The van der Waals surface area contributed by atoms with Crippen molar-refractivity contribution in [1.82, 2.24) is 15.0 Å². The quantitative estimate of drug-likeness (QED) is 0.734. The minimum Gasteiger partial charge on any atom is -0.494 e. The molecular formula is C19H25N3O3. The second-order valence-corrected chi connectivity index (χ2v) is 6.86. The molecule has 1 aromatic heterocycles. The largest absolute Gasteiger partial charge is 0.494 e. The van der Waals surface area contributed by atoms with E-state index >= 15 is 0 Å². The van der Waals surface area contributed by atoms with Gasteiger partial charge in [0.1, 0.15) is 5.75 Å². The van der Waals surface area contributed by atoms with Crippen molar-refractivity contribution in [1.29, 1.82) is 0 Å². The molecule has 2 heterocycles. The van der Waals surface area contributed by atoms with Crippen molar-refractivity contribution in [2.45, 2.75) is 38.8 Å². The molecular weight excluding hydrogens is 318 g/mol. The maximum Gasteiger partial charge on any atom is 0.241 e. The van der Waals surface area contributed by atoms with E-state index in [1.165, 1.54) is 12.8 Å². The van der Waals surface area contributed by atoms with E-state index in [4.69, 9.17) is 14.0 Å². The monoisotopic (exact) mass is 343 g/mol. The molecule has 1 saturated heterocycles. The second-order valence-electron chi connectivity index (χ2n) is 6.86. The summed E-state index contributed by atoms with van der Waals surface area (Å²) in [6.07, 6.45) is 3.70. The molecule has 2 aliphatic rings. The lowest BCUT2D eigenvalue weighted by Gasteiger charge is -2.22. The first kappa shape index (κ1) is 16.5. The molecule has 6 heteroatoms. The van der Waals surface area contributed by atoms with Crippen LogP contribution in [0.2, 0.25) is 0 Å². The average Bonchev–Trinajstić information content (AvgIpc) is 3.15. The van der Waals surface area contributed by atoms with E-state index in [0.29, 0.717) is 30.3 Å². The SMILES string of the molecule is CCOc1ccc(-c2noc(CN(CC3CCOC3)C3CC3)n2)cc1. The lowest BCUT2D eigenvalue weighted by atomic mass is 10.1. The molecule has 0 spiro atoms. The van der Waals surface area contributed by atoms with Crippen LogP contribution in [-0.2, 0) is 11.3 Å². The van der Waals surface area contributed by atoms with E-state index in [0.717, 1.165) is 44.0 Å². The normalized spacial score (nSPS) is 20.3. The molecule has 2 aromatic rings. The Bertz CT molecular complexity index is 675. The van der Waals surface area contributed by atoms with Crippen molar-refractivity contribution in [3.8, 4) is 17.1 Å². The summed E-state index contributed by atoms with van der Waals surface area (Å²) in [5.41, 5.74) is 0.945. The van der Waals surface area contributed by atoms with Gasteiger partial charge in [-0.25, -0.2) is 0 Å². The lowest BCUT2D eigenvalue weighted by Crippen LogP contribution is -2.31. The first-order valence-corrected chi connectivity index (χ1v) is 9.19. The molecule has 0 N–H and O–H groups in total. The highest BCUT2D eigenvalue weighted by molar-refractivity contribution is 5.55. The smallest absolute Gasteiger partial charge is 0.241 e. The van der Waals surface area contributed by atoms with Crippen molar-refractivity contribution in [3.05, 3.63) is 30.2 Å². The maximum absolute atomic E-state index is 5.51. The topological polar surface area (TPSA) is 60.6 Å². The van der Waals surface area contributed by atoms with Crippen LogP contribution in [0.1, 0.15) is 32.1 Å². The molecule has 1 saturated carbocycles. The van der Waals surface area contributed by atoms with Gasteiger partial charge in [0.25, 0.3) is 0 Å². The van der Waals surface area contributed by atoms with Gasteiger partial charge >= 0.3 is 0 Å². The van der Waals surface area contributed by atoms with Crippen LogP contribution in [-0.4, -0.2) is 47.4 Å². The van der Waals surface area contributed by atoms with Crippen LogP contribution in [0.15, 0.2) is 28.8 Å². The third-order valence-corrected chi connectivity index (χ3v) is 4.81. The number of rotatable bonds is 8. The van der Waals surface area contributed by atoms with Gasteiger partial charge < -0.3 is 14.0 Å². The van der Waals surface area contributed by atoms with Gasteiger partial charge in [-0.3, -0.25) is 4.90 Å². The first-order valence-electron chi connectivity index (χ1n) is 9.19. The Morgan fingerprint density at radius 1 is 1.20 bits per heavy atom. The van der Waals surface area contributed by atoms with E-state index in [2.05, 4.69) is 15.0 Å². The van der Waals surface area contributed by atoms with Crippen LogP contribution in [0.3, 0.4) is 0 Å². The van der Waals surface area contributed by atoms with Crippen LogP contribution in [0.4, 0.5) is 0 Å². The summed E-state index contributed by atoms with van der Waals surface area (Å²) in [6, 6.07) is 8.47. The van der Waals surface area contributed by atoms with E-state index < -0.39 is 0 Å². The fourth-order valence-corrected chi connectivity index (χ4v) is 3.32. The standard InChI is InChI=1S/C19H25N3O3/c1-2-24-17-7-3-15(4-8-17)19-20-18(25-21-19)12-22(16-5-6-16)11-14-9-10-23-13-14/h3-4,7-8,14,16H,2,5-6,9-13H2,1H3. The van der Waals surface area contributed by atoms with Gasteiger partial charge in [0.05, 0.1) is 19.8 Å². The Morgan fingerprint density at radius 2 is 2.04 bits per heavy atom. The van der Waals surface area contributed by atoms with Crippen LogP contribution < -0.4 is 4.74 Å². The van der Waals surface area contributed by atoms with Crippen LogP contribution >= 0.6 is 0 Å². The third-order valence-electron chi connectivity index (χ3n) is 4.81.